The molecule has 2 heterocycles. The van der Waals surface area contributed by atoms with Gasteiger partial charge in [0.1, 0.15) is 28.0 Å². The number of methoxy groups -OCH3 is 1. The van der Waals surface area contributed by atoms with E-state index in [1.807, 2.05) is 30.3 Å². The topological polar surface area (TPSA) is 88.2 Å². The lowest BCUT2D eigenvalue weighted by atomic mass is 10.0. The lowest BCUT2D eigenvalue weighted by Crippen LogP contribution is -2.03. The molecular weight excluding hydrogens is 470 g/mol. The van der Waals surface area contributed by atoms with Crippen LogP contribution in [-0.2, 0) is 0 Å². The van der Waals surface area contributed by atoms with Crippen LogP contribution in [0.25, 0.3) is 38.6 Å². The summed E-state index contributed by atoms with van der Waals surface area (Å²) in [5.74, 6) is 0.582. The summed E-state index contributed by atoms with van der Waals surface area (Å²) in [6.07, 6.45) is 1.53. The number of thiazole rings is 1. The van der Waals surface area contributed by atoms with Crippen molar-refractivity contribution in [2.45, 2.75) is 0 Å². The summed E-state index contributed by atoms with van der Waals surface area (Å²) >= 11 is 7.34. The molecule has 0 bridgehead atoms. The number of nitriles is 1. The van der Waals surface area contributed by atoms with E-state index in [1.54, 1.807) is 42.8 Å². The van der Waals surface area contributed by atoms with Crippen molar-refractivity contribution < 1.29 is 9.15 Å². The second-order valence-electron chi connectivity index (χ2n) is 7.34. The van der Waals surface area contributed by atoms with Crippen LogP contribution >= 0.6 is 22.9 Å². The Hall–Kier alpha value is -4.12. The fourth-order valence-electron chi connectivity index (χ4n) is 3.66. The van der Waals surface area contributed by atoms with E-state index in [4.69, 9.17) is 20.8 Å². The Balaban J connectivity index is 1.53. The average molecular weight is 486 g/mol. The van der Waals surface area contributed by atoms with Gasteiger partial charge in [-0.1, -0.05) is 41.9 Å². The highest BCUT2D eigenvalue weighted by atomic mass is 35.5. The molecule has 5 rings (SSSR count). The van der Waals surface area contributed by atoms with Gasteiger partial charge in [-0.3, -0.25) is 0 Å². The average Bonchev–Trinajstić information content (AvgIpc) is 3.34. The van der Waals surface area contributed by atoms with Crippen molar-refractivity contribution in [3.05, 3.63) is 92.7 Å². The van der Waals surface area contributed by atoms with Crippen molar-refractivity contribution in [3.8, 4) is 23.1 Å². The van der Waals surface area contributed by atoms with E-state index in [9.17, 15) is 10.1 Å². The lowest BCUT2D eigenvalue weighted by molar-refractivity contribution is 0.417. The third-order valence-electron chi connectivity index (χ3n) is 5.31. The molecule has 8 heteroatoms. The number of benzene rings is 3. The first-order valence-corrected chi connectivity index (χ1v) is 11.5. The zero-order valence-electron chi connectivity index (χ0n) is 17.8. The van der Waals surface area contributed by atoms with Crippen molar-refractivity contribution >= 4 is 55.9 Å². The monoisotopic (exact) mass is 485 g/mol. The minimum absolute atomic E-state index is 0.300. The van der Waals surface area contributed by atoms with Crippen LogP contribution in [0.15, 0.2) is 81.5 Å². The number of hydrogen-bond donors (Lipinski definition) is 1. The van der Waals surface area contributed by atoms with Gasteiger partial charge in [-0.05, 0) is 41.1 Å². The molecule has 1 N–H and O–H groups in total. The molecular formula is C26H16ClN3O3S. The van der Waals surface area contributed by atoms with E-state index >= 15 is 0 Å². The fraction of sp³-hybridized carbons (Fsp3) is 0.0385. The smallest absolute Gasteiger partial charge is 0.345 e. The minimum atomic E-state index is -0.482. The summed E-state index contributed by atoms with van der Waals surface area (Å²) in [5.41, 5.74) is 1.73. The van der Waals surface area contributed by atoms with Gasteiger partial charge < -0.3 is 14.5 Å². The summed E-state index contributed by atoms with van der Waals surface area (Å²) in [6, 6.07) is 20.7. The number of ether oxygens (including phenoxy) is 1. The molecule has 2 aromatic heterocycles. The molecule has 0 fully saturated rings. The molecule has 0 aliphatic carbocycles. The van der Waals surface area contributed by atoms with Crippen LogP contribution in [-0.4, -0.2) is 12.1 Å². The quantitative estimate of drug-likeness (QED) is 0.169. The van der Waals surface area contributed by atoms with Crippen molar-refractivity contribution in [1.29, 1.82) is 5.26 Å². The molecule has 0 saturated heterocycles. The van der Waals surface area contributed by atoms with Crippen molar-refractivity contribution in [2.75, 3.05) is 12.4 Å². The molecule has 5 aromatic rings. The van der Waals surface area contributed by atoms with Gasteiger partial charge in [-0.15, -0.1) is 11.3 Å². The predicted molar refractivity (Wildman–Crippen MR) is 136 cm³/mol. The van der Waals surface area contributed by atoms with Gasteiger partial charge in [-0.25, -0.2) is 9.78 Å². The molecule has 0 spiro atoms. The molecule has 0 amide bonds. The van der Waals surface area contributed by atoms with Crippen LogP contribution in [0.2, 0.25) is 5.02 Å². The molecule has 6 nitrogen and oxygen atoms in total. The molecule has 0 unspecified atom stereocenters. The Morgan fingerprint density at radius 2 is 2.03 bits per heavy atom. The van der Waals surface area contributed by atoms with Gasteiger partial charge in [-0.2, -0.15) is 5.26 Å². The minimum Gasteiger partial charge on any atom is -0.495 e. The Morgan fingerprint density at radius 1 is 1.18 bits per heavy atom. The molecule has 0 aliphatic heterocycles. The largest absolute Gasteiger partial charge is 0.495 e. The maximum atomic E-state index is 12.7. The molecule has 3 aromatic carbocycles. The normalized spacial score (nSPS) is 11.5. The summed E-state index contributed by atoms with van der Waals surface area (Å²) in [4.78, 5) is 17.3. The van der Waals surface area contributed by atoms with E-state index in [2.05, 4.69) is 16.4 Å². The van der Waals surface area contributed by atoms with Gasteiger partial charge in [0.05, 0.1) is 24.1 Å². The Kier molecular flexibility index (Phi) is 5.76. The van der Waals surface area contributed by atoms with E-state index < -0.39 is 5.63 Å². The number of rotatable bonds is 5. The maximum Gasteiger partial charge on any atom is 0.345 e. The standard InChI is InChI=1S/C26H16ClN3O3S/c1-32-24-9-7-17(27)10-21(24)29-13-16(12-28)25-30-22(14-34-25)20-11-19-18-5-3-2-4-15(18)6-8-23(19)33-26(20)31/h2-11,13-14,29H,1H3. The van der Waals surface area contributed by atoms with Crippen LogP contribution in [0, 0.1) is 11.3 Å². The third-order valence-corrected chi connectivity index (χ3v) is 6.42. The first kappa shape index (κ1) is 21.7. The van der Waals surface area contributed by atoms with Gasteiger partial charge in [0.15, 0.2) is 0 Å². The van der Waals surface area contributed by atoms with Crippen LogP contribution < -0.4 is 15.7 Å². The zero-order valence-corrected chi connectivity index (χ0v) is 19.4. The highest BCUT2D eigenvalue weighted by molar-refractivity contribution is 7.11. The Bertz CT molecular complexity index is 1680. The van der Waals surface area contributed by atoms with Crippen molar-refractivity contribution in [1.82, 2.24) is 4.98 Å². The molecule has 0 atom stereocenters. The Morgan fingerprint density at radius 3 is 2.85 bits per heavy atom. The highest BCUT2D eigenvalue weighted by Crippen LogP contribution is 2.31. The second kappa shape index (κ2) is 9.02. The van der Waals surface area contributed by atoms with E-state index in [0.717, 1.165) is 16.2 Å². The summed E-state index contributed by atoms with van der Waals surface area (Å²) < 4.78 is 10.9. The van der Waals surface area contributed by atoms with Gasteiger partial charge in [0, 0.05) is 22.0 Å². The second-order valence-corrected chi connectivity index (χ2v) is 8.64. The number of nitrogens with zero attached hydrogens (tertiary/aromatic N) is 2. The number of nitrogens with one attached hydrogen (secondary N) is 1. The van der Waals surface area contributed by atoms with Crippen molar-refractivity contribution in [3.63, 3.8) is 0 Å². The highest BCUT2D eigenvalue weighted by Gasteiger charge is 2.15. The summed E-state index contributed by atoms with van der Waals surface area (Å²) in [7, 11) is 1.55. The van der Waals surface area contributed by atoms with Crippen LogP contribution in [0.3, 0.4) is 0 Å². The van der Waals surface area contributed by atoms with Gasteiger partial charge >= 0.3 is 5.63 Å². The number of hydrogen-bond acceptors (Lipinski definition) is 7. The molecule has 0 saturated carbocycles. The lowest BCUT2D eigenvalue weighted by Gasteiger charge is -2.08. The fourth-order valence-corrected chi connectivity index (χ4v) is 4.61. The number of allylic oxidation sites excluding steroid dienone is 1. The van der Waals surface area contributed by atoms with Crippen molar-refractivity contribution in [2.24, 2.45) is 0 Å². The molecule has 0 radical (unpaired) electrons. The van der Waals surface area contributed by atoms with E-state index in [-0.39, 0.29) is 0 Å². The Labute approximate surface area is 203 Å². The van der Waals surface area contributed by atoms with E-state index in [1.165, 1.54) is 17.5 Å². The van der Waals surface area contributed by atoms with Gasteiger partial charge in [0.2, 0.25) is 0 Å². The summed E-state index contributed by atoms with van der Waals surface area (Å²) in [5, 5.41) is 18.3. The number of halogens is 1. The van der Waals surface area contributed by atoms with Crippen LogP contribution in [0.5, 0.6) is 5.75 Å². The number of anilines is 1. The SMILES string of the molecule is COc1ccc(Cl)cc1NC=C(C#N)c1nc(-c2cc3c(ccc4ccccc43)oc2=O)cs1. The predicted octanol–water partition coefficient (Wildman–Crippen LogP) is 6.71. The zero-order chi connectivity index (χ0) is 23.7. The van der Waals surface area contributed by atoms with Crippen LogP contribution in [0.1, 0.15) is 5.01 Å². The first-order valence-electron chi connectivity index (χ1n) is 10.2. The molecule has 0 aliphatic rings. The summed E-state index contributed by atoms with van der Waals surface area (Å²) in [6.45, 7) is 0. The van der Waals surface area contributed by atoms with Gasteiger partial charge in [0.25, 0.3) is 0 Å². The number of aromatic nitrogens is 1. The number of fused-ring (bicyclic) bond motifs is 3. The molecule has 34 heavy (non-hydrogen) atoms. The molecule has 166 valence electrons. The third kappa shape index (κ3) is 4.01. The van der Waals surface area contributed by atoms with E-state index in [0.29, 0.717) is 43.9 Å². The first-order chi connectivity index (χ1) is 16.6. The maximum absolute atomic E-state index is 12.7. The van der Waals surface area contributed by atoms with Crippen LogP contribution in [0.4, 0.5) is 5.69 Å².